The predicted molar refractivity (Wildman–Crippen MR) is 92.0 cm³/mol. The molecule has 0 saturated carbocycles. The van der Waals surface area contributed by atoms with Crippen molar-refractivity contribution in [3.05, 3.63) is 48.1 Å². The first kappa shape index (κ1) is 14.0. The topological polar surface area (TPSA) is 70.2 Å². The number of anilines is 2. The largest absolute Gasteiger partial charge is 0.351 e. The highest BCUT2D eigenvalue weighted by atomic mass is 32.1. The van der Waals surface area contributed by atoms with Gasteiger partial charge in [0.15, 0.2) is 0 Å². The normalized spacial score (nSPS) is 14.5. The molecule has 23 heavy (non-hydrogen) atoms. The van der Waals surface area contributed by atoms with Gasteiger partial charge in [0.25, 0.3) is 0 Å². The number of nitrogens with one attached hydrogen (secondary N) is 2. The van der Waals surface area contributed by atoms with Gasteiger partial charge in [0.2, 0.25) is 0 Å². The SMILES string of the molecule is O=C(Nc1ccccc1)NC1CN(c2ncnc3ccsc23)C1. The van der Waals surface area contributed by atoms with Crippen LogP contribution >= 0.6 is 11.3 Å². The maximum absolute atomic E-state index is 12.0. The summed E-state index contributed by atoms with van der Waals surface area (Å²) in [5.41, 5.74) is 1.76. The predicted octanol–water partition coefficient (Wildman–Crippen LogP) is 2.70. The van der Waals surface area contributed by atoms with Crippen LogP contribution in [0.25, 0.3) is 10.2 Å². The summed E-state index contributed by atoms with van der Waals surface area (Å²) in [6, 6.07) is 11.4. The molecular weight excluding hydrogens is 310 g/mol. The minimum Gasteiger partial charge on any atom is -0.351 e. The minimum atomic E-state index is -0.176. The number of nitrogens with zero attached hydrogens (tertiary/aromatic N) is 3. The van der Waals surface area contributed by atoms with E-state index in [1.807, 2.05) is 41.8 Å². The Hall–Kier alpha value is -2.67. The lowest BCUT2D eigenvalue weighted by Gasteiger charge is -2.40. The molecule has 0 bridgehead atoms. The first-order valence-electron chi connectivity index (χ1n) is 7.35. The quantitative estimate of drug-likeness (QED) is 0.777. The molecule has 1 fully saturated rings. The van der Waals surface area contributed by atoms with Gasteiger partial charge in [0.05, 0.1) is 16.3 Å². The smallest absolute Gasteiger partial charge is 0.319 e. The van der Waals surface area contributed by atoms with Crippen LogP contribution in [0.4, 0.5) is 16.3 Å². The fourth-order valence-electron chi connectivity index (χ4n) is 2.62. The van der Waals surface area contributed by atoms with E-state index in [1.165, 1.54) is 0 Å². The third-order valence-corrected chi connectivity index (χ3v) is 4.67. The summed E-state index contributed by atoms with van der Waals surface area (Å²) in [6.07, 6.45) is 1.59. The summed E-state index contributed by atoms with van der Waals surface area (Å²) in [5, 5.41) is 7.82. The summed E-state index contributed by atoms with van der Waals surface area (Å²) < 4.78 is 1.10. The summed E-state index contributed by atoms with van der Waals surface area (Å²) in [6.45, 7) is 1.51. The number of aromatic nitrogens is 2. The van der Waals surface area contributed by atoms with Crippen LogP contribution in [0.5, 0.6) is 0 Å². The van der Waals surface area contributed by atoms with Crippen molar-refractivity contribution in [2.75, 3.05) is 23.3 Å². The molecule has 2 N–H and O–H groups in total. The number of thiophene rings is 1. The maximum atomic E-state index is 12.0. The number of hydrogen-bond donors (Lipinski definition) is 2. The molecule has 4 rings (SSSR count). The average molecular weight is 325 g/mol. The van der Waals surface area contributed by atoms with Crippen molar-refractivity contribution in [1.29, 1.82) is 0 Å². The van der Waals surface area contributed by atoms with E-state index in [4.69, 9.17) is 0 Å². The lowest BCUT2D eigenvalue weighted by molar-refractivity contribution is 0.245. The van der Waals surface area contributed by atoms with Crippen LogP contribution < -0.4 is 15.5 Å². The summed E-state index contributed by atoms with van der Waals surface area (Å²) in [7, 11) is 0. The van der Waals surface area contributed by atoms with Gasteiger partial charge in [0, 0.05) is 18.8 Å². The van der Waals surface area contributed by atoms with Crippen molar-refractivity contribution in [3.8, 4) is 0 Å². The van der Waals surface area contributed by atoms with Crippen molar-refractivity contribution in [2.24, 2.45) is 0 Å². The van der Waals surface area contributed by atoms with E-state index in [9.17, 15) is 4.79 Å². The van der Waals surface area contributed by atoms with Crippen LogP contribution in [0, 0.1) is 0 Å². The van der Waals surface area contributed by atoms with Crippen molar-refractivity contribution in [2.45, 2.75) is 6.04 Å². The third-order valence-electron chi connectivity index (χ3n) is 3.77. The fraction of sp³-hybridized carbons (Fsp3) is 0.188. The molecular formula is C16H15N5OS. The number of fused-ring (bicyclic) bond motifs is 1. The van der Waals surface area contributed by atoms with Gasteiger partial charge in [-0.1, -0.05) is 18.2 Å². The molecule has 2 aromatic heterocycles. The van der Waals surface area contributed by atoms with Crippen LogP contribution in [0.2, 0.25) is 0 Å². The molecule has 3 heterocycles. The minimum absolute atomic E-state index is 0.128. The number of carbonyl (C=O) groups is 1. The Kier molecular flexibility index (Phi) is 3.55. The zero-order valence-corrected chi connectivity index (χ0v) is 13.1. The summed E-state index contributed by atoms with van der Waals surface area (Å²) in [5.74, 6) is 0.950. The molecule has 3 aromatic rings. The van der Waals surface area contributed by atoms with Gasteiger partial charge in [-0.2, -0.15) is 0 Å². The molecule has 0 aliphatic carbocycles. The van der Waals surface area contributed by atoms with Crippen LogP contribution in [-0.4, -0.2) is 35.1 Å². The van der Waals surface area contributed by atoms with Gasteiger partial charge in [-0.25, -0.2) is 14.8 Å². The number of hydrogen-bond acceptors (Lipinski definition) is 5. The van der Waals surface area contributed by atoms with E-state index < -0.39 is 0 Å². The van der Waals surface area contributed by atoms with Gasteiger partial charge in [0.1, 0.15) is 12.1 Å². The second-order valence-corrected chi connectivity index (χ2v) is 6.31. The van der Waals surface area contributed by atoms with Crippen LogP contribution in [0.1, 0.15) is 0 Å². The molecule has 0 unspecified atom stereocenters. The second-order valence-electron chi connectivity index (χ2n) is 5.40. The Morgan fingerprint density at radius 1 is 1.17 bits per heavy atom. The number of rotatable bonds is 3. The first-order valence-corrected chi connectivity index (χ1v) is 8.23. The number of urea groups is 1. The van der Waals surface area contributed by atoms with Crippen LogP contribution in [0.3, 0.4) is 0 Å². The summed E-state index contributed by atoms with van der Waals surface area (Å²) >= 11 is 1.64. The summed E-state index contributed by atoms with van der Waals surface area (Å²) in [4.78, 5) is 22.8. The molecule has 6 nitrogen and oxygen atoms in total. The molecule has 0 spiro atoms. The standard InChI is InChI=1S/C16H15N5OS/c22-16(19-11-4-2-1-3-5-11)20-12-8-21(9-12)15-14-13(6-7-23-14)17-10-18-15/h1-7,10,12H,8-9H2,(H2,19,20,22). The van der Waals surface area contributed by atoms with E-state index in [2.05, 4.69) is 25.5 Å². The molecule has 0 radical (unpaired) electrons. The zero-order chi connectivity index (χ0) is 15.6. The molecule has 7 heteroatoms. The van der Waals surface area contributed by atoms with E-state index in [1.54, 1.807) is 17.7 Å². The number of para-hydroxylation sites is 1. The number of carbonyl (C=O) groups excluding carboxylic acids is 1. The Balaban J connectivity index is 1.35. The van der Waals surface area contributed by atoms with Crippen molar-refractivity contribution >= 4 is 39.1 Å². The Morgan fingerprint density at radius 2 is 2.00 bits per heavy atom. The van der Waals surface area contributed by atoms with E-state index in [-0.39, 0.29) is 12.1 Å². The van der Waals surface area contributed by atoms with E-state index in [0.717, 1.165) is 34.8 Å². The zero-order valence-electron chi connectivity index (χ0n) is 12.3. The number of benzene rings is 1. The molecule has 116 valence electrons. The molecule has 1 aromatic carbocycles. The van der Waals surface area contributed by atoms with Crippen LogP contribution in [-0.2, 0) is 0 Å². The highest BCUT2D eigenvalue weighted by molar-refractivity contribution is 7.17. The highest BCUT2D eigenvalue weighted by Crippen LogP contribution is 2.30. The number of amides is 2. The maximum Gasteiger partial charge on any atom is 0.319 e. The average Bonchev–Trinajstić information content (AvgIpc) is 3.00. The molecule has 1 saturated heterocycles. The van der Waals surface area contributed by atoms with Gasteiger partial charge < -0.3 is 15.5 Å². The molecule has 1 aliphatic heterocycles. The Labute approximate surface area is 137 Å². The lowest BCUT2D eigenvalue weighted by atomic mass is 10.1. The lowest BCUT2D eigenvalue weighted by Crippen LogP contribution is -2.60. The fourth-order valence-corrected chi connectivity index (χ4v) is 3.48. The van der Waals surface area contributed by atoms with Crippen LogP contribution in [0.15, 0.2) is 48.1 Å². The van der Waals surface area contributed by atoms with Gasteiger partial charge in [-0.05, 0) is 23.6 Å². The van der Waals surface area contributed by atoms with Gasteiger partial charge >= 0.3 is 6.03 Å². The van der Waals surface area contributed by atoms with Crippen molar-refractivity contribution < 1.29 is 4.79 Å². The monoisotopic (exact) mass is 325 g/mol. The second kappa shape index (κ2) is 5.85. The van der Waals surface area contributed by atoms with E-state index in [0.29, 0.717) is 0 Å². The Morgan fingerprint density at radius 3 is 2.83 bits per heavy atom. The third kappa shape index (κ3) is 2.83. The van der Waals surface area contributed by atoms with Gasteiger partial charge in [-0.15, -0.1) is 11.3 Å². The van der Waals surface area contributed by atoms with Gasteiger partial charge in [-0.3, -0.25) is 0 Å². The molecule has 2 amide bonds. The van der Waals surface area contributed by atoms with Crippen molar-refractivity contribution in [3.63, 3.8) is 0 Å². The first-order chi connectivity index (χ1) is 11.3. The van der Waals surface area contributed by atoms with E-state index >= 15 is 0 Å². The van der Waals surface area contributed by atoms with Crippen molar-refractivity contribution in [1.82, 2.24) is 15.3 Å². The Bertz CT molecular complexity index is 829. The molecule has 1 aliphatic rings. The molecule has 0 atom stereocenters. The highest BCUT2D eigenvalue weighted by Gasteiger charge is 2.30.